The zero-order valence-electron chi connectivity index (χ0n) is 18.1. The lowest BCUT2D eigenvalue weighted by atomic mass is 10.0. The lowest BCUT2D eigenvalue weighted by molar-refractivity contribution is 0.471. The normalized spacial score (nSPS) is 10.0. The molecule has 0 bridgehead atoms. The van der Waals surface area contributed by atoms with Crippen LogP contribution in [0.25, 0.3) is 11.1 Å². The third-order valence-electron chi connectivity index (χ3n) is 4.54. The van der Waals surface area contributed by atoms with Crippen LogP contribution in [-0.2, 0) is 0 Å². The van der Waals surface area contributed by atoms with Crippen molar-refractivity contribution in [2.24, 2.45) is 0 Å². The Morgan fingerprint density at radius 2 is 1.00 bits per heavy atom. The van der Waals surface area contributed by atoms with Gasteiger partial charge in [0.15, 0.2) is 0 Å². The second kappa shape index (κ2) is 10.3. The molecule has 4 aromatic carbocycles. The third kappa shape index (κ3) is 5.51. The van der Waals surface area contributed by atoms with Crippen molar-refractivity contribution in [3.63, 3.8) is 0 Å². The van der Waals surface area contributed by atoms with E-state index in [9.17, 15) is 0 Å². The van der Waals surface area contributed by atoms with E-state index in [1.807, 2.05) is 98.8 Å². The maximum absolute atomic E-state index is 6.18. The first-order valence-corrected chi connectivity index (χ1v) is 10.4. The molecule has 0 unspecified atom stereocenters. The lowest BCUT2D eigenvalue weighted by Crippen LogP contribution is -1.91. The fourth-order valence-electron chi connectivity index (χ4n) is 2.98. The fourth-order valence-corrected chi connectivity index (χ4v) is 2.98. The Labute approximate surface area is 179 Å². The summed E-state index contributed by atoms with van der Waals surface area (Å²) >= 11 is 0. The van der Waals surface area contributed by atoms with Crippen molar-refractivity contribution >= 4 is 0 Å². The number of hydrogen-bond donors (Lipinski definition) is 0. The van der Waals surface area contributed by atoms with Crippen LogP contribution in [0.4, 0.5) is 0 Å². The summed E-state index contributed by atoms with van der Waals surface area (Å²) in [6, 6.07) is 32.3. The van der Waals surface area contributed by atoms with Crippen LogP contribution in [0.5, 0.6) is 23.0 Å². The highest BCUT2D eigenvalue weighted by atomic mass is 16.5. The summed E-state index contributed by atoms with van der Waals surface area (Å²) in [6.45, 7) is 8.13. The molecule has 2 heteroatoms. The number of ether oxygens (including phenoxy) is 2. The van der Waals surface area contributed by atoms with E-state index in [-0.39, 0.29) is 0 Å². The average molecular weight is 397 g/mol. The van der Waals surface area contributed by atoms with Gasteiger partial charge in [-0.25, -0.2) is 0 Å². The molecule has 0 fully saturated rings. The van der Waals surface area contributed by atoms with Gasteiger partial charge in [0.05, 0.1) is 0 Å². The van der Waals surface area contributed by atoms with E-state index >= 15 is 0 Å². The van der Waals surface area contributed by atoms with Crippen molar-refractivity contribution in [2.45, 2.75) is 27.7 Å². The van der Waals surface area contributed by atoms with Gasteiger partial charge in [0.1, 0.15) is 23.0 Å². The molecule has 152 valence electrons. The molecular formula is C28H28O2. The van der Waals surface area contributed by atoms with Crippen LogP contribution in [-0.4, -0.2) is 0 Å². The van der Waals surface area contributed by atoms with Crippen LogP contribution in [0.3, 0.4) is 0 Å². The van der Waals surface area contributed by atoms with Gasteiger partial charge < -0.3 is 9.47 Å². The first-order valence-electron chi connectivity index (χ1n) is 10.4. The molecule has 4 rings (SSSR count). The Balaban J connectivity index is 0.00000124. The summed E-state index contributed by atoms with van der Waals surface area (Å²) in [4.78, 5) is 0. The van der Waals surface area contributed by atoms with E-state index in [4.69, 9.17) is 9.47 Å². The third-order valence-corrected chi connectivity index (χ3v) is 4.54. The van der Waals surface area contributed by atoms with Gasteiger partial charge in [-0.05, 0) is 61.9 Å². The molecule has 0 radical (unpaired) electrons. The highest BCUT2D eigenvalue weighted by Crippen LogP contribution is 2.37. The van der Waals surface area contributed by atoms with Crippen LogP contribution >= 0.6 is 0 Å². The molecular weight excluding hydrogens is 368 g/mol. The minimum absolute atomic E-state index is 0.777. The van der Waals surface area contributed by atoms with Crippen molar-refractivity contribution in [1.29, 1.82) is 0 Å². The molecule has 0 aromatic heterocycles. The summed E-state index contributed by atoms with van der Waals surface area (Å²) in [5, 5.41) is 0. The summed E-state index contributed by atoms with van der Waals surface area (Å²) in [7, 11) is 0. The molecule has 4 aromatic rings. The van der Waals surface area contributed by atoms with Crippen molar-refractivity contribution in [3.8, 4) is 34.1 Å². The predicted octanol–water partition coefficient (Wildman–Crippen LogP) is 8.58. The maximum Gasteiger partial charge on any atom is 0.135 e. The molecule has 2 nitrogen and oxygen atoms in total. The van der Waals surface area contributed by atoms with E-state index in [1.54, 1.807) is 0 Å². The Hall–Kier alpha value is -3.52. The second-order valence-electron chi connectivity index (χ2n) is 6.85. The molecule has 0 spiro atoms. The van der Waals surface area contributed by atoms with Crippen LogP contribution in [0.2, 0.25) is 0 Å². The fraction of sp³-hybridized carbons (Fsp3) is 0.143. The zero-order valence-corrected chi connectivity index (χ0v) is 18.1. The van der Waals surface area contributed by atoms with E-state index in [2.05, 4.69) is 26.0 Å². The minimum atomic E-state index is 0.777. The zero-order chi connectivity index (χ0) is 21.3. The molecule has 0 saturated carbocycles. The van der Waals surface area contributed by atoms with Crippen LogP contribution in [0.1, 0.15) is 25.0 Å². The number of benzene rings is 4. The SMILES string of the molecule is CC.Cc1ccc(Oc2ccc(Oc3ccc(C)cc3)c(-c3ccccc3)c2)cc1. The monoisotopic (exact) mass is 396 g/mol. The molecule has 0 aliphatic rings. The topological polar surface area (TPSA) is 18.5 Å². The number of aryl methyl sites for hydroxylation is 2. The van der Waals surface area contributed by atoms with E-state index < -0.39 is 0 Å². The first-order chi connectivity index (χ1) is 14.7. The van der Waals surface area contributed by atoms with Gasteiger partial charge in [0.2, 0.25) is 0 Å². The predicted molar refractivity (Wildman–Crippen MR) is 126 cm³/mol. The van der Waals surface area contributed by atoms with Gasteiger partial charge in [-0.1, -0.05) is 79.6 Å². The van der Waals surface area contributed by atoms with Crippen LogP contribution in [0.15, 0.2) is 97.1 Å². The van der Waals surface area contributed by atoms with Crippen molar-refractivity contribution < 1.29 is 9.47 Å². The molecule has 0 aliphatic carbocycles. The summed E-state index contributed by atoms with van der Waals surface area (Å²) in [6.07, 6.45) is 0. The summed E-state index contributed by atoms with van der Waals surface area (Å²) in [5.41, 5.74) is 4.49. The van der Waals surface area contributed by atoms with Crippen LogP contribution in [0, 0.1) is 13.8 Å². The molecule has 0 heterocycles. The second-order valence-corrected chi connectivity index (χ2v) is 6.85. The summed E-state index contributed by atoms with van der Waals surface area (Å²) in [5.74, 6) is 3.21. The molecule has 0 aliphatic heterocycles. The van der Waals surface area contributed by atoms with Gasteiger partial charge in [-0.2, -0.15) is 0 Å². The average Bonchev–Trinajstić information content (AvgIpc) is 2.80. The Bertz CT molecular complexity index is 1050. The molecule has 0 amide bonds. The van der Waals surface area contributed by atoms with Crippen molar-refractivity contribution in [3.05, 3.63) is 108 Å². The molecule has 0 atom stereocenters. The van der Waals surface area contributed by atoms with E-state index in [0.717, 1.165) is 34.1 Å². The highest BCUT2D eigenvalue weighted by molar-refractivity contribution is 5.72. The largest absolute Gasteiger partial charge is 0.457 e. The quantitative estimate of drug-likeness (QED) is 0.336. The Morgan fingerprint density at radius 3 is 1.57 bits per heavy atom. The maximum atomic E-state index is 6.18. The van der Waals surface area contributed by atoms with Gasteiger partial charge in [0, 0.05) is 5.56 Å². The van der Waals surface area contributed by atoms with Gasteiger partial charge in [-0.15, -0.1) is 0 Å². The van der Waals surface area contributed by atoms with E-state index in [1.165, 1.54) is 11.1 Å². The smallest absolute Gasteiger partial charge is 0.135 e. The van der Waals surface area contributed by atoms with Crippen molar-refractivity contribution in [2.75, 3.05) is 0 Å². The number of hydrogen-bond acceptors (Lipinski definition) is 2. The Morgan fingerprint density at radius 1 is 0.500 bits per heavy atom. The van der Waals surface area contributed by atoms with Gasteiger partial charge >= 0.3 is 0 Å². The minimum Gasteiger partial charge on any atom is -0.457 e. The standard InChI is InChI=1S/C26H22O2.C2H6/c1-19-8-12-22(13-9-19)27-24-16-17-26(28-23-14-10-20(2)11-15-23)25(18-24)21-6-4-3-5-7-21;1-2/h3-18H,1-2H3;1-2H3. The van der Waals surface area contributed by atoms with Crippen LogP contribution < -0.4 is 9.47 Å². The molecule has 30 heavy (non-hydrogen) atoms. The number of rotatable bonds is 5. The lowest BCUT2D eigenvalue weighted by Gasteiger charge is -2.14. The Kier molecular flexibility index (Phi) is 7.29. The van der Waals surface area contributed by atoms with E-state index in [0.29, 0.717) is 0 Å². The molecule has 0 saturated heterocycles. The van der Waals surface area contributed by atoms with Gasteiger partial charge in [0.25, 0.3) is 0 Å². The van der Waals surface area contributed by atoms with Crippen molar-refractivity contribution in [1.82, 2.24) is 0 Å². The molecule has 0 N–H and O–H groups in total. The summed E-state index contributed by atoms with van der Waals surface area (Å²) < 4.78 is 12.2. The highest BCUT2D eigenvalue weighted by Gasteiger charge is 2.10. The van der Waals surface area contributed by atoms with Gasteiger partial charge in [-0.3, -0.25) is 0 Å². The first kappa shape index (κ1) is 21.2.